The molecule has 1 saturated heterocycles. The van der Waals surface area contributed by atoms with E-state index in [4.69, 9.17) is 15.7 Å². The van der Waals surface area contributed by atoms with Crippen molar-refractivity contribution < 1.29 is 9.94 Å². The van der Waals surface area contributed by atoms with Crippen molar-refractivity contribution in [3.8, 4) is 0 Å². The average molecular weight is 271 g/mol. The molecule has 0 aliphatic carbocycles. The van der Waals surface area contributed by atoms with Crippen LogP contribution in [0.3, 0.4) is 0 Å². The first-order valence-corrected chi connectivity index (χ1v) is 7.31. The number of ether oxygens (including phenoxy) is 1. The smallest absolute Gasteiger partial charge is 0.144 e. The second-order valence-corrected chi connectivity index (χ2v) is 6.04. The van der Waals surface area contributed by atoms with E-state index in [0.717, 1.165) is 39.0 Å². The summed E-state index contributed by atoms with van der Waals surface area (Å²) in [6, 6.07) is 0. The molecule has 1 aliphatic rings. The number of hydrogen-bond acceptors (Lipinski definition) is 4. The zero-order chi connectivity index (χ0) is 14.3. The first-order valence-electron chi connectivity index (χ1n) is 7.31. The van der Waals surface area contributed by atoms with E-state index in [1.54, 1.807) is 0 Å². The Hall–Kier alpha value is -0.810. The van der Waals surface area contributed by atoms with Gasteiger partial charge in [-0.15, -0.1) is 0 Å². The Morgan fingerprint density at radius 1 is 1.53 bits per heavy atom. The van der Waals surface area contributed by atoms with Crippen molar-refractivity contribution in [1.29, 1.82) is 0 Å². The van der Waals surface area contributed by atoms with E-state index in [2.05, 4.69) is 17.4 Å². The van der Waals surface area contributed by atoms with Crippen LogP contribution in [0.4, 0.5) is 0 Å². The molecule has 4 N–H and O–H groups in total. The number of amidine groups is 1. The van der Waals surface area contributed by atoms with Crippen LogP contribution in [0.15, 0.2) is 5.16 Å². The largest absolute Gasteiger partial charge is 0.409 e. The molecule has 0 bridgehead atoms. The van der Waals surface area contributed by atoms with Gasteiger partial charge in [0, 0.05) is 18.6 Å². The molecule has 1 fully saturated rings. The molecule has 112 valence electrons. The second kappa shape index (κ2) is 7.70. The Morgan fingerprint density at radius 3 is 2.89 bits per heavy atom. The number of nitrogens with one attached hydrogen (secondary N) is 1. The quantitative estimate of drug-likeness (QED) is 0.207. The highest BCUT2D eigenvalue weighted by Crippen LogP contribution is 2.23. The Labute approximate surface area is 116 Å². The molecule has 1 rings (SSSR count). The fourth-order valence-electron chi connectivity index (χ4n) is 2.58. The molecule has 5 heteroatoms. The van der Waals surface area contributed by atoms with Crippen LogP contribution in [0.1, 0.15) is 46.5 Å². The molecule has 1 aliphatic heterocycles. The summed E-state index contributed by atoms with van der Waals surface area (Å²) in [6.07, 6.45) is 4.63. The zero-order valence-electron chi connectivity index (χ0n) is 12.5. The monoisotopic (exact) mass is 271 g/mol. The third-order valence-electron chi connectivity index (χ3n) is 4.11. The van der Waals surface area contributed by atoms with Gasteiger partial charge < -0.3 is 21.0 Å². The zero-order valence-corrected chi connectivity index (χ0v) is 12.5. The third-order valence-corrected chi connectivity index (χ3v) is 4.11. The minimum absolute atomic E-state index is 0.237. The molecule has 5 nitrogen and oxygen atoms in total. The predicted molar refractivity (Wildman–Crippen MR) is 77.4 cm³/mol. The van der Waals surface area contributed by atoms with Crippen molar-refractivity contribution in [2.75, 3.05) is 19.7 Å². The Bertz CT molecular complexity index is 292. The van der Waals surface area contributed by atoms with Crippen LogP contribution in [-0.2, 0) is 4.74 Å². The number of oxime groups is 1. The minimum atomic E-state index is -0.237. The predicted octanol–water partition coefficient (Wildman–Crippen LogP) is 1.94. The molecule has 1 heterocycles. The second-order valence-electron chi connectivity index (χ2n) is 6.04. The van der Waals surface area contributed by atoms with Crippen molar-refractivity contribution >= 4 is 5.84 Å². The van der Waals surface area contributed by atoms with Gasteiger partial charge in [-0.25, -0.2) is 0 Å². The third kappa shape index (κ3) is 4.99. The highest BCUT2D eigenvalue weighted by atomic mass is 16.5. The summed E-state index contributed by atoms with van der Waals surface area (Å²) in [5.74, 6) is 0.963. The summed E-state index contributed by atoms with van der Waals surface area (Å²) < 4.78 is 5.67. The molecular formula is C14H29N3O2. The van der Waals surface area contributed by atoms with Crippen LogP contribution >= 0.6 is 0 Å². The lowest BCUT2D eigenvalue weighted by molar-refractivity contribution is 0.0873. The fraction of sp³-hybridized carbons (Fsp3) is 0.929. The molecule has 0 aromatic carbocycles. The van der Waals surface area contributed by atoms with Crippen molar-refractivity contribution in [3.05, 3.63) is 0 Å². The van der Waals surface area contributed by atoms with Crippen LogP contribution in [-0.4, -0.2) is 36.8 Å². The molecule has 0 radical (unpaired) electrons. The van der Waals surface area contributed by atoms with E-state index < -0.39 is 0 Å². The molecular weight excluding hydrogens is 242 g/mol. The molecule has 0 aromatic heterocycles. The van der Waals surface area contributed by atoms with Crippen molar-refractivity contribution in [2.45, 2.75) is 52.6 Å². The molecule has 2 atom stereocenters. The Morgan fingerprint density at radius 2 is 2.26 bits per heavy atom. The van der Waals surface area contributed by atoms with E-state index in [-0.39, 0.29) is 5.41 Å². The first-order chi connectivity index (χ1) is 9.01. The van der Waals surface area contributed by atoms with Gasteiger partial charge in [-0.3, -0.25) is 0 Å². The van der Waals surface area contributed by atoms with Crippen LogP contribution in [0, 0.1) is 11.3 Å². The Kier molecular flexibility index (Phi) is 6.58. The minimum Gasteiger partial charge on any atom is -0.409 e. The van der Waals surface area contributed by atoms with Gasteiger partial charge in [-0.05, 0) is 38.1 Å². The first kappa shape index (κ1) is 16.2. The standard InChI is InChI=1S/C14H29N3O2/c1-4-12-11(6-9-19-12)10-16-8-5-7-14(2,3)13(15)17-18/h11-12,16,18H,4-10H2,1-3H3,(H2,15,17). The maximum absolute atomic E-state index is 8.71. The summed E-state index contributed by atoms with van der Waals surface area (Å²) >= 11 is 0. The van der Waals surface area contributed by atoms with E-state index >= 15 is 0 Å². The normalized spacial score (nSPS) is 24.9. The van der Waals surface area contributed by atoms with Gasteiger partial charge in [0.25, 0.3) is 0 Å². The highest BCUT2D eigenvalue weighted by molar-refractivity contribution is 5.85. The summed E-state index contributed by atoms with van der Waals surface area (Å²) in [4.78, 5) is 0. The number of nitrogens with two attached hydrogens (primary N) is 1. The van der Waals surface area contributed by atoms with Crippen molar-refractivity contribution in [2.24, 2.45) is 22.2 Å². The topological polar surface area (TPSA) is 79.9 Å². The van der Waals surface area contributed by atoms with Crippen LogP contribution in [0.2, 0.25) is 0 Å². The summed E-state index contributed by atoms with van der Waals surface area (Å²) in [6.45, 7) is 9.08. The van der Waals surface area contributed by atoms with Gasteiger partial charge in [-0.1, -0.05) is 25.9 Å². The van der Waals surface area contributed by atoms with Crippen LogP contribution < -0.4 is 11.1 Å². The summed E-state index contributed by atoms with van der Waals surface area (Å²) in [7, 11) is 0. The van der Waals surface area contributed by atoms with Gasteiger partial charge in [0.15, 0.2) is 0 Å². The van der Waals surface area contributed by atoms with E-state index in [9.17, 15) is 0 Å². The molecule has 0 aromatic rings. The van der Waals surface area contributed by atoms with Gasteiger partial charge in [0.2, 0.25) is 0 Å². The summed E-state index contributed by atoms with van der Waals surface area (Å²) in [5, 5.41) is 15.3. The van der Waals surface area contributed by atoms with Crippen LogP contribution in [0.25, 0.3) is 0 Å². The van der Waals surface area contributed by atoms with Crippen molar-refractivity contribution in [3.63, 3.8) is 0 Å². The van der Waals surface area contributed by atoms with Crippen LogP contribution in [0.5, 0.6) is 0 Å². The van der Waals surface area contributed by atoms with Gasteiger partial charge in [0.05, 0.1) is 6.10 Å². The van der Waals surface area contributed by atoms with Gasteiger partial charge >= 0.3 is 0 Å². The van der Waals surface area contributed by atoms with Gasteiger partial charge in [0.1, 0.15) is 5.84 Å². The van der Waals surface area contributed by atoms with E-state index in [0.29, 0.717) is 17.9 Å². The molecule has 0 amide bonds. The van der Waals surface area contributed by atoms with Crippen molar-refractivity contribution in [1.82, 2.24) is 5.32 Å². The SMILES string of the molecule is CCC1OCCC1CNCCCC(C)(C)C(N)=NO. The Balaban J connectivity index is 2.14. The van der Waals surface area contributed by atoms with E-state index in [1.165, 1.54) is 6.42 Å². The highest BCUT2D eigenvalue weighted by Gasteiger charge is 2.26. The number of nitrogens with zero attached hydrogens (tertiary/aromatic N) is 1. The fourth-order valence-corrected chi connectivity index (χ4v) is 2.58. The average Bonchev–Trinajstić information content (AvgIpc) is 2.84. The molecule has 0 saturated carbocycles. The molecule has 0 spiro atoms. The number of hydrogen-bond donors (Lipinski definition) is 3. The lowest BCUT2D eigenvalue weighted by atomic mass is 9.86. The van der Waals surface area contributed by atoms with E-state index in [1.807, 2.05) is 13.8 Å². The molecule has 19 heavy (non-hydrogen) atoms. The van der Waals surface area contributed by atoms with Gasteiger partial charge in [-0.2, -0.15) is 0 Å². The lowest BCUT2D eigenvalue weighted by Gasteiger charge is -2.23. The summed E-state index contributed by atoms with van der Waals surface area (Å²) in [5.41, 5.74) is 5.43. The lowest BCUT2D eigenvalue weighted by Crippen LogP contribution is -2.33. The maximum Gasteiger partial charge on any atom is 0.144 e. The number of rotatable bonds is 8. The maximum atomic E-state index is 8.71. The molecule has 2 unspecified atom stereocenters.